The van der Waals surface area contributed by atoms with Crippen molar-refractivity contribution in [3.8, 4) is 17.2 Å². The number of aromatic nitrogens is 2. The van der Waals surface area contributed by atoms with Gasteiger partial charge in [-0.05, 0) is 18.6 Å². The topological polar surface area (TPSA) is 85.5 Å². The molecule has 0 aliphatic rings. The van der Waals surface area contributed by atoms with E-state index >= 15 is 0 Å². The van der Waals surface area contributed by atoms with Crippen molar-refractivity contribution in [3.63, 3.8) is 0 Å². The van der Waals surface area contributed by atoms with E-state index in [1.165, 1.54) is 0 Å². The molecule has 0 unspecified atom stereocenters. The summed E-state index contributed by atoms with van der Waals surface area (Å²) in [5.74, 6) is 0.346. The highest BCUT2D eigenvalue weighted by Crippen LogP contribution is 2.28. The lowest BCUT2D eigenvalue weighted by atomic mass is 10.2. The van der Waals surface area contributed by atoms with Crippen LogP contribution in [-0.4, -0.2) is 27.8 Å². The van der Waals surface area contributed by atoms with Crippen molar-refractivity contribution in [2.75, 3.05) is 6.61 Å². The number of nitrogens with zero attached hydrogens (tertiary/aromatic N) is 2. The fraction of sp³-hybridized carbons (Fsp3) is 0.308. The van der Waals surface area contributed by atoms with Crippen LogP contribution in [0.2, 0.25) is 0 Å². The summed E-state index contributed by atoms with van der Waals surface area (Å²) in [5.41, 5.74) is 0.596. The van der Waals surface area contributed by atoms with Crippen molar-refractivity contribution >= 4 is 5.97 Å². The predicted octanol–water partition coefficient (Wildman–Crippen LogP) is 2.15. The summed E-state index contributed by atoms with van der Waals surface area (Å²) in [6.07, 6.45) is 1.66. The molecule has 0 amide bonds. The van der Waals surface area contributed by atoms with E-state index in [4.69, 9.17) is 14.4 Å². The van der Waals surface area contributed by atoms with Crippen molar-refractivity contribution in [1.29, 1.82) is 0 Å². The van der Waals surface area contributed by atoms with Crippen LogP contribution in [0.25, 0.3) is 11.5 Å². The van der Waals surface area contributed by atoms with Crippen molar-refractivity contribution in [1.82, 2.24) is 10.1 Å². The molecule has 1 N–H and O–H groups in total. The molecule has 19 heavy (non-hydrogen) atoms. The van der Waals surface area contributed by atoms with Gasteiger partial charge < -0.3 is 14.4 Å². The Balaban J connectivity index is 2.24. The summed E-state index contributed by atoms with van der Waals surface area (Å²) in [6.45, 7) is 1.62. The number of rotatable bonds is 6. The molecule has 0 atom stereocenters. The molecule has 0 bridgehead atoms. The van der Waals surface area contributed by atoms with E-state index in [-0.39, 0.29) is 0 Å². The molecular formula is C13H14N2O4. The number of para-hydroxylation sites is 1. The Morgan fingerprint density at radius 1 is 1.42 bits per heavy atom. The Morgan fingerprint density at radius 2 is 2.21 bits per heavy atom. The lowest BCUT2D eigenvalue weighted by molar-refractivity contribution is -0.139. The zero-order chi connectivity index (χ0) is 13.7. The third-order valence-electron chi connectivity index (χ3n) is 2.41. The zero-order valence-electron chi connectivity index (χ0n) is 10.5. The number of carbonyl (C=O) groups is 1. The quantitative estimate of drug-likeness (QED) is 0.858. The van der Waals surface area contributed by atoms with Gasteiger partial charge in [0.05, 0.1) is 5.56 Å². The molecule has 100 valence electrons. The lowest BCUT2D eigenvalue weighted by Crippen LogP contribution is -2.09. The summed E-state index contributed by atoms with van der Waals surface area (Å²) >= 11 is 0. The number of carboxylic acids is 1. The van der Waals surface area contributed by atoms with E-state index in [0.717, 1.165) is 12.8 Å². The largest absolute Gasteiger partial charge is 0.481 e. The van der Waals surface area contributed by atoms with Gasteiger partial charge in [-0.15, -0.1) is 0 Å². The van der Waals surface area contributed by atoms with E-state index in [1.807, 2.05) is 6.92 Å². The van der Waals surface area contributed by atoms with Gasteiger partial charge in [0, 0.05) is 6.42 Å². The second kappa shape index (κ2) is 5.99. The minimum atomic E-state index is -1.04. The summed E-state index contributed by atoms with van der Waals surface area (Å²) in [6, 6.07) is 6.97. The molecule has 0 radical (unpaired) electrons. The van der Waals surface area contributed by atoms with Crippen LogP contribution in [0.3, 0.4) is 0 Å². The van der Waals surface area contributed by atoms with Gasteiger partial charge in [-0.3, -0.25) is 0 Å². The minimum absolute atomic E-state index is 0.337. The second-order valence-corrected chi connectivity index (χ2v) is 3.94. The number of hydrogen-bond acceptors (Lipinski definition) is 5. The van der Waals surface area contributed by atoms with Gasteiger partial charge in [0.2, 0.25) is 0 Å². The van der Waals surface area contributed by atoms with E-state index in [1.54, 1.807) is 24.3 Å². The van der Waals surface area contributed by atoms with E-state index in [2.05, 4.69) is 10.1 Å². The van der Waals surface area contributed by atoms with Crippen molar-refractivity contribution < 1.29 is 19.2 Å². The molecule has 1 heterocycles. The summed E-state index contributed by atoms with van der Waals surface area (Å²) < 4.78 is 10.4. The first kappa shape index (κ1) is 13.1. The van der Waals surface area contributed by atoms with Crippen molar-refractivity contribution in [2.45, 2.75) is 19.8 Å². The molecule has 2 aromatic rings. The summed E-state index contributed by atoms with van der Waals surface area (Å²) in [4.78, 5) is 14.8. The molecule has 0 saturated heterocycles. The van der Waals surface area contributed by atoms with E-state index in [0.29, 0.717) is 23.0 Å². The molecule has 0 saturated carbocycles. The van der Waals surface area contributed by atoms with Crippen LogP contribution in [0, 0.1) is 0 Å². The molecule has 0 fully saturated rings. The van der Waals surface area contributed by atoms with Gasteiger partial charge in [0.1, 0.15) is 5.75 Å². The molecule has 1 aromatic carbocycles. The number of benzene rings is 1. The van der Waals surface area contributed by atoms with Crippen LogP contribution in [0.5, 0.6) is 5.75 Å². The maximum absolute atomic E-state index is 10.5. The van der Waals surface area contributed by atoms with E-state index < -0.39 is 12.6 Å². The Labute approximate surface area is 110 Å². The highest BCUT2D eigenvalue weighted by atomic mass is 16.5. The normalized spacial score (nSPS) is 10.4. The van der Waals surface area contributed by atoms with Gasteiger partial charge >= 0.3 is 5.97 Å². The van der Waals surface area contributed by atoms with Gasteiger partial charge in [-0.1, -0.05) is 24.2 Å². The molecule has 6 nitrogen and oxygen atoms in total. The first-order valence-electron chi connectivity index (χ1n) is 5.97. The smallest absolute Gasteiger partial charge is 0.341 e. The standard InChI is InChI=1S/C13H14N2O4/c1-2-5-11-14-13(19-15-11)9-6-3-4-7-10(9)18-8-12(16)17/h3-4,6-7H,2,5,8H2,1H3,(H,16,17). The maximum Gasteiger partial charge on any atom is 0.341 e. The van der Waals surface area contributed by atoms with Crippen LogP contribution >= 0.6 is 0 Å². The second-order valence-electron chi connectivity index (χ2n) is 3.94. The van der Waals surface area contributed by atoms with Gasteiger partial charge in [0.15, 0.2) is 12.4 Å². The first-order valence-corrected chi connectivity index (χ1v) is 5.97. The average Bonchev–Trinajstić information content (AvgIpc) is 2.85. The van der Waals surface area contributed by atoms with Crippen molar-refractivity contribution in [2.24, 2.45) is 0 Å². The van der Waals surface area contributed by atoms with Crippen LogP contribution < -0.4 is 4.74 Å². The fourth-order valence-electron chi connectivity index (χ4n) is 1.60. The first-order chi connectivity index (χ1) is 9.20. The van der Waals surface area contributed by atoms with Crippen LogP contribution in [0.15, 0.2) is 28.8 Å². The molecule has 2 rings (SSSR count). The van der Waals surface area contributed by atoms with Crippen LogP contribution in [0.1, 0.15) is 19.2 Å². The Kier molecular flexibility index (Phi) is 4.12. The molecule has 6 heteroatoms. The van der Waals surface area contributed by atoms with Gasteiger partial charge in [0.25, 0.3) is 5.89 Å². The van der Waals surface area contributed by atoms with Crippen LogP contribution in [0.4, 0.5) is 0 Å². The number of hydrogen-bond donors (Lipinski definition) is 1. The Bertz CT molecular complexity index is 565. The maximum atomic E-state index is 10.5. The highest BCUT2D eigenvalue weighted by Gasteiger charge is 2.14. The molecular weight excluding hydrogens is 248 g/mol. The third kappa shape index (κ3) is 3.31. The van der Waals surface area contributed by atoms with Crippen LogP contribution in [-0.2, 0) is 11.2 Å². The number of carboxylic acid groups (broad SMARTS) is 1. The van der Waals surface area contributed by atoms with Gasteiger partial charge in [-0.25, -0.2) is 4.79 Å². The van der Waals surface area contributed by atoms with Crippen molar-refractivity contribution in [3.05, 3.63) is 30.1 Å². The summed E-state index contributed by atoms with van der Waals surface area (Å²) in [7, 11) is 0. The predicted molar refractivity (Wildman–Crippen MR) is 66.9 cm³/mol. The average molecular weight is 262 g/mol. The molecule has 1 aromatic heterocycles. The number of aryl methyl sites for hydroxylation is 1. The SMILES string of the molecule is CCCc1noc(-c2ccccc2OCC(=O)O)n1. The fourth-order valence-corrected chi connectivity index (χ4v) is 1.60. The van der Waals surface area contributed by atoms with Gasteiger partial charge in [-0.2, -0.15) is 4.98 Å². The Morgan fingerprint density at radius 3 is 2.95 bits per heavy atom. The molecule has 0 aliphatic heterocycles. The van der Waals surface area contributed by atoms with E-state index in [9.17, 15) is 4.79 Å². The molecule has 0 aliphatic carbocycles. The lowest BCUT2D eigenvalue weighted by Gasteiger charge is -2.06. The monoisotopic (exact) mass is 262 g/mol. The highest BCUT2D eigenvalue weighted by molar-refractivity contribution is 5.69. The Hall–Kier alpha value is -2.37. The summed E-state index contributed by atoms with van der Waals surface area (Å²) in [5, 5.41) is 12.5. The number of aliphatic carboxylic acids is 1. The zero-order valence-corrected chi connectivity index (χ0v) is 10.5. The number of ether oxygens (including phenoxy) is 1. The third-order valence-corrected chi connectivity index (χ3v) is 2.41. The minimum Gasteiger partial charge on any atom is -0.481 e. The molecule has 0 spiro atoms.